The first-order chi connectivity index (χ1) is 10.4. The second kappa shape index (κ2) is 5.47. The normalized spacial score (nSPS) is 21.3. The van der Waals surface area contributed by atoms with Crippen molar-refractivity contribution in [1.82, 2.24) is 0 Å². The summed E-state index contributed by atoms with van der Waals surface area (Å²) in [7, 11) is 0. The van der Waals surface area contributed by atoms with Crippen LogP contribution < -0.4 is 10.2 Å². The first-order valence-corrected chi connectivity index (χ1v) is 8.08. The number of benzene rings is 1. The summed E-state index contributed by atoms with van der Waals surface area (Å²) < 4.78 is 5.60. The maximum Gasteiger partial charge on any atom is 0.109 e. The molecular formula is C18H22N2O. The van der Waals surface area contributed by atoms with E-state index in [4.69, 9.17) is 4.42 Å². The lowest BCUT2D eigenvalue weighted by Gasteiger charge is -2.27. The standard InChI is InChI=1S/C18H22N2O/c1-2-8-17(20-11-3-4-12-20)16(6-1)19-15-7-5-9-18-14(15)10-13-21-18/h1-2,6,8,10,13,15,19H,3-5,7,9,11-12H2. The van der Waals surface area contributed by atoms with Gasteiger partial charge >= 0.3 is 0 Å². The summed E-state index contributed by atoms with van der Waals surface area (Å²) in [6.45, 7) is 2.36. The van der Waals surface area contributed by atoms with Crippen LogP contribution in [0.4, 0.5) is 11.4 Å². The Bertz CT molecular complexity index is 613. The predicted octanol–water partition coefficient (Wildman–Crippen LogP) is 4.37. The highest BCUT2D eigenvalue weighted by Crippen LogP contribution is 2.36. The molecule has 1 fully saturated rings. The molecule has 0 bridgehead atoms. The van der Waals surface area contributed by atoms with E-state index < -0.39 is 0 Å². The van der Waals surface area contributed by atoms with Gasteiger partial charge in [-0.15, -0.1) is 0 Å². The van der Waals surface area contributed by atoms with Gasteiger partial charge in [0.2, 0.25) is 0 Å². The van der Waals surface area contributed by atoms with Crippen molar-refractivity contribution < 1.29 is 4.42 Å². The molecule has 4 rings (SSSR count). The number of aryl methyl sites for hydroxylation is 1. The van der Waals surface area contributed by atoms with Gasteiger partial charge in [0.25, 0.3) is 0 Å². The largest absolute Gasteiger partial charge is 0.469 e. The Labute approximate surface area is 126 Å². The molecule has 3 nitrogen and oxygen atoms in total. The van der Waals surface area contributed by atoms with E-state index in [2.05, 4.69) is 40.5 Å². The third-order valence-electron chi connectivity index (χ3n) is 4.73. The summed E-state index contributed by atoms with van der Waals surface area (Å²) in [5.41, 5.74) is 3.96. The molecule has 0 spiro atoms. The Morgan fingerprint density at radius 2 is 1.90 bits per heavy atom. The van der Waals surface area contributed by atoms with Crippen LogP contribution in [0, 0.1) is 0 Å². The smallest absolute Gasteiger partial charge is 0.109 e. The van der Waals surface area contributed by atoms with Crippen LogP contribution in [0.15, 0.2) is 41.0 Å². The van der Waals surface area contributed by atoms with Gasteiger partial charge in [-0.25, -0.2) is 0 Å². The first-order valence-electron chi connectivity index (χ1n) is 8.08. The summed E-state index contributed by atoms with van der Waals surface area (Å²) in [4.78, 5) is 2.50. The predicted molar refractivity (Wildman–Crippen MR) is 85.9 cm³/mol. The van der Waals surface area contributed by atoms with Crippen LogP contribution in [0.25, 0.3) is 0 Å². The van der Waals surface area contributed by atoms with E-state index in [0.29, 0.717) is 6.04 Å². The van der Waals surface area contributed by atoms with Gasteiger partial charge in [-0.3, -0.25) is 0 Å². The third-order valence-corrected chi connectivity index (χ3v) is 4.73. The number of hydrogen-bond acceptors (Lipinski definition) is 3. The minimum Gasteiger partial charge on any atom is -0.469 e. The summed E-state index contributed by atoms with van der Waals surface area (Å²) in [5, 5.41) is 3.77. The van der Waals surface area contributed by atoms with Gasteiger partial charge in [0.1, 0.15) is 5.76 Å². The fourth-order valence-electron chi connectivity index (χ4n) is 3.65. The van der Waals surface area contributed by atoms with Gasteiger partial charge < -0.3 is 14.6 Å². The number of furan rings is 1. The van der Waals surface area contributed by atoms with E-state index in [-0.39, 0.29) is 0 Å². The van der Waals surface area contributed by atoms with Crippen LogP contribution in [-0.4, -0.2) is 13.1 Å². The second-order valence-electron chi connectivity index (χ2n) is 6.10. The lowest BCUT2D eigenvalue weighted by Crippen LogP contribution is -2.21. The zero-order chi connectivity index (χ0) is 14.1. The quantitative estimate of drug-likeness (QED) is 0.906. The Morgan fingerprint density at radius 1 is 1.05 bits per heavy atom. The molecule has 2 aromatic rings. The fourth-order valence-corrected chi connectivity index (χ4v) is 3.65. The average molecular weight is 282 g/mol. The minimum absolute atomic E-state index is 0.385. The molecule has 1 aliphatic heterocycles. The Hall–Kier alpha value is -1.90. The number of rotatable bonds is 3. The van der Waals surface area contributed by atoms with Gasteiger partial charge in [-0.2, -0.15) is 0 Å². The van der Waals surface area contributed by atoms with Crippen molar-refractivity contribution in [3.8, 4) is 0 Å². The maximum absolute atomic E-state index is 5.60. The summed E-state index contributed by atoms with van der Waals surface area (Å²) >= 11 is 0. The van der Waals surface area contributed by atoms with Crippen LogP contribution in [0.5, 0.6) is 0 Å². The van der Waals surface area contributed by atoms with Crippen LogP contribution in [-0.2, 0) is 6.42 Å². The van der Waals surface area contributed by atoms with E-state index in [1.807, 2.05) is 6.26 Å². The van der Waals surface area contributed by atoms with Crippen molar-refractivity contribution in [2.24, 2.45) is 0 Å². The van der Waals surface area contributed by atoms with Crippen molar-refractivity contribution in [1.29, 1.82) is 0 Å². The summed E-state index contributed by atoms with van der Waals surface area (Å²) in [6.07, 6.45) is 7.91. The molecule has 3 heteroatoms. The number of para-hydroxylation sites is 2. The molecule has 1 saturated heterocycles. The van der Waals surface area contributed by atoms with Crippen molar-refractivity contribution in [3.05, 3.63) is 47.9 Å². The molecule has 1 unspecified atom stereocenters. The summed E-state index contributed by atoms with van der Waals surface area (Å²) in [6, 6.07) is 11.2. The van der Waals surface area contributed by atoms with Crippen molar-refractivity contribution in [2.45, 2.75) is 38.1 Å². The van der Waals surface area contributed by atoms with E-state index in [1.165, 1.54) is 55.7 Å². The van der Waals surface area contributed by atoms with Gasteiger partial charge in [0, 0.05) is 25.1 Å². The highest BCUT2D eigenvalue weighted by atomic mass is 16.3. The molecule has 1 atom stereocenters. The molecule has 1 aliphatic carbocycles. The highest BCUT2D eigenvalue weighted by molar-refractivity contribution is 5.71. The molecule has 1 aromatic heterocycles. The van der Waals surface area contributed by atoms with E-state index >= 15 is 0 Å². The molecule has 0 amide bonds. The third kappa shape index (κ3) is 2.41. The van der Waals surface area contributed by atoms with Crippen LogP contribution in [0.1, 0.15) is 43.0 Å². The van der Waals surface area contributed by atoms with Crippen molar-refractivity contribution in [3.63, 3.8) is 0 Å². The number of hydrogen-bond donors (Lipinski definition) is 1. The highest BCUT2D eigenvalue weighted by Gasteiger charge is 2.24. The molecule has 1 N–H and O–H groups in total. The molecular weight excluding hydrogens is 260 g/mol. The van der Waals surface area contributed by atoms with E-state index in [0.717, 1.165) is 12.2 Å². The monoisotopic (exact) mass is 282 g/mol. The second-order valence-corrected chi connectivity index (χ2v) is 6.10. The van der Waals surface area contributed by atoms with Gasteiger partial charge in [0.15, 0.2) is 0 Å². The lowest BCUT2D eigenvalue weighted by molar-refractivity contribution is 0.461. The number of nitrogens with zero attached hydrogens (tertiary/aromatic N) is 1. The van der Waals surface area contributed by atoms with E-state index in [1.54, 1.807) is 0 Å². The molecule has 2 heterocycles. The zero-order valence-corrected chi connectivity index (χ0v) is 12.3. The Kier molecular flexibility index (Phi) is 3.34. The SMILES string of the molecule is c1ccc(N2CCCC2)c(NC2CCCc3occc32)c1. The molecule has 2 aliphatic rings. The minimum atomic E-state index is 0.385. The number of anilines is 2. The van der Waals surface area contributed by atoms with Crippen molar-refractivity contribution >= 4 is 11.4 Å². The molecule has 0 saturated carbocycles. The zero-order valence-electron chi connectivity index (χ0n) is 12.3. The van der Waals surface area contributed by atoms with Gasteiger partial charge in [0.05, 0.1) is 23.7 Å². The number of fused-ring (bicyclic) bond motifs is 1. The summed E-state index contributed by atoms with van der Waals surface area (Å²) in [5.74, 6) is 1.16. The topological polar surface area (TPSA) is 28.4 Å². The molecule has 1 aromatic carbocycles. The number of nitrogens with one attached hydrogen (secondary N) is 1. The molecule has 0 radical (unpaired) electrons. The van der Waals surface area contributed by atoms with Crippen LogP contribution in [0.3, 0.4) is 0 Å². The maximum atomic E-state index is 5.60. The molecule has 21 heavy (non-hydrogen) atoms. The Morgan fingerprint density at radius 3 is 2.81 bits per heavy atom. The average Bonchev–Trinajstić information content (AvgIpc) is 3.20. The van der Waals surface area contributed by atoms with Crippen LogP contribution >= 0.6 is 0 Å². The Balaban J connectivity index is 1.61. The van der Waals surface area contributed by atoms with Crippen LogP contribution in [0.2, 0.25) is 0 Å². The lowest BCUT2D eigenvalue weighted by atomic mass is 9.93. The van der Waals surface area contributed by atoms with Gasteiger partial charge in [-0.05, 0) is 43.9 Å². The van der Waals surface area contributed by atoms with E-state index in [9.17, 15) is 0 Å². The first kappa shape index (κ1) is 12.8. The van der Waals surface area contributed by atoms with Crippen molar-refractivity contribution in [2.75, 3.05) is 23.3 Å². The fraction of sp³-hybridized carbons (Fsp3) is 0.444. The van der Waals surface area contributed by atoms with Gasteiger partial charge in [-0.1, -0.05) is 12.1 Å². The molecule has 110 valence electrons.